The van der Waals surface area contributed by atoms with Gasteiger partial charge in [-0.3, -0.25) is 14.9 Å². The molecule has 1 saturated heterocycles. The van der Waals surface area contributed by atoms with Crippen molar-refractivity contribution in [2.45, 2.75) is 17.2 Å². The minimum Gasteiger partial charge on any atom is -0.407 e. The highest BCUT2D eigenvalue weighted by molar-refractivity contribution is 7.98. The normalized spacial score (nSPS) is 16.2. The number of rotatable bonds is 5. The summed E-state index contributed by atoms with van der Waals surface area (Å²) in [7, 11) is 0. The van der Waals surface area contributed by atoms with E-state index in [1.165, 1.54) is 0 Å². The van der Waals surface area contributed by atoms with Crippen LogP contribution in [-0.4, -0.2) is 34.8 Å². The van der Waals surface area contributed by atoms with Gasteiger partial charge in [-0.15, -0.1) is 16.9 Å². The average molecular weight is 430 g/mol. The minimum absolute atomic E-state index is 0.0888. The van der Waals surface area contributed by atoms with E-state index < -0.39 is 23.1 Å². The number of hydrogen-bond donors (Lipinski definition) is 1. The van der Waals surface area contributed by atoms with Crippen molar-refractivity contribution in [1.29, 1.82) is 0 Å². The molecule has 1 atom stereocenters. The van der Waals surface area contributed by atoms with Gasteiger partial charge in [0.05, 0.1) is 5.92 Å². The standard InChI is InChI=1S/C20H16F2N4O3S/c1-30-13-7-5-12(6-8-13)26-10-11(9-16(26)27)19-24-25-20(29-19)23-18(28)17-14(21)3-2-4-15(17)22/h2-8,11H,9-10H2,1H3,(H,23,25,28)/t11-/m1/s1. The number of benzene rings is 2. The van der Waals surface area contributed by atoms with Crippen molar-refractivity contribution in [1.82, 2.24) is 10.2 Å². The molecule has 7 nitrogen and oxygen atoms in total. The van der Waals surface area contributed by atoms with E-state index >= 15 is 0 Å². The molecule has 154 valence electrons. The fourth-order valence-electron chi connectivity index (χ4n) is 3.21. The second-order valence-electron chi connectivity index (χ2n) is 6.60. The number of carbonyl (C=O) groups is 2. The van der Waals surface area contributed by atoms with Crippen molar-refractivity contribution in [3.05, 3.63) is 65.6 Å². The first kappa shape index (κ1) is 20.0. The number of carbonyl (C=O) groups excluding carboxylic acids is 2. The lowest BCUT2D eigenvalue weighted by Gasteiger charge is -2.16. The third-order valence-corrected chi connectivity index (χ3v) is 5.45. The van der Waals surface area contributed by atoms with Crippen LogP contribution in [0.2, 0.25) is 0 Å². The van der Waals surface area contributed by atoms with Crippen molar-refractivity contribution in [3.63, 3.8) is 0 Å². The molecule has 30 heavy (non-hydrogen) atoms. The summed E-state index contributed by atoms with van der Waals surface area (Å²) < 4.78 is 32.9. The molecular weight excluding hydrogens is 414 g/mol. The molecule has 1 aliphatic heterocycles. The lowest BCUT2D eigenvalue weighted by Crippen LogP contribution is -2.24. The van der Waals surface area contributed by atoms with Gasteiger partial charge >= 0.3 is 6.01 Å². The van der Waals surface area contributed by atoms with E-state index in [2.05, 4.69) is 15.5 Å². The predicted octanol–water partition coefficient (Wildman–Crippen LogP) is 3.84. The molecule has 0 bridgehead atoms. The van der Waals surface area contributed by atoms with Gasteiger partial charge in [-0.2, -0.15) is 0 Å². The van der Waals surface area contributed by atoms with Gasteiger partial charge in [0.15, 0.2) is 0 Å². The maximum absolute atomic E-state index is 13.7. The second-order valence-corrected chi connectivity index (χ2v) is 7.48. The quantitative estimate of drug-likeness (QED) is 0.619. The largest absolute Gasteiger partial charge is 0.407 e. The van der Waals surface area contributed by atoms with Crippen molar-refractivity contribution in [2.75, 3.05) is 23.0 Å². The zero-order valence-electron chi connectivity index (χ0n) is 15.8. The summed E-state index contributed by atoms with van der Waals surface area (Å²) in [6, 6.07) is 10.4. The number of nitrogens with one attached hydrogen (secondary N) is 1. The number of halogens is 2. The Bertz CT molecular complexity index is 1080. The third-order valence-electron chi connectivity index (χ3n) is 4.71. The zero-order chi connectivity index (χ0) is 21.3. The average Bonchev–Trinajstić information content (AvgIpc) is 3.34. The van der Waals surface area contributed by atoms with Crippen LogP contribution in [-0.2, 0) is 4.79 Å². The molecule has 0 spiro atoms. The SMILES string of the molecule is CSc1ccc(N2C[C@H](c3nnc(NC(=O)c4c(F)cccc4F)o3)CC2=O)cc1. The van der Waals surface area contributed by atoms with Crippen LogP contribution in [0.3, 0.4) is 0 Å². The van der Waals surface area contributed by atoms with Crippen LogP contribution < -0.4 is 10.2 Å². The molecule has 10 heteroatoms. The molecule has 0 aliphatic carbocycles. The van der Waals surface area contributed by atoms with E-state index in [1.54, 1.807) is 16.7 Å². The lowest BCUT2D eigenvalue weighted by molar-refractivity contribution is -0.117. The topological polar surface area (TPSA) is 88.3 Å². The summed E-state index contributed by atoms with van der Waals surface area (Å²) in [4.78, 5) is 27.3. The Labute approximate surface area is 174 Å². The Morgan fingerprint density at radius 1 is 1.17 bits per heavy atom. The van der Waals surface area contributed by atoms with Gasteiger partial charge in [0.1, 0.15) is 17.2 Å². The number of hydrogen-bond acceptors (Lipinski definition) is 6. The maximum Gasteiger partial charge on any atom is 0.322 e. The van der Waals surface area contributed by atoms with E-state index in [4.69, 9.17) is 4.42 Å². The van der Waals surface area contributed by atoms with Gasteiger partial charge in [-0.05, 0) is 42.7 Å². The molecule has 1 aliphatic rings. The number of thioether (sulfide) groups is 1. The van der Waals surface area contributed by atoms with E-state index in [0.717, 1.165) is 28.8 Å². The van der Waals surface area contributed by atoms with Gasteiger partial charge in [0.25, 0.3) is 5.91 Å². The van der Waals surface area contributed by atoms with Gasteiger partial charge in [0, 0.05) is 23.5 Å². The Kier molecular flexibility index (Phi) is 5.49. The fourth-order valence-corrected chi connectivity index (χ4v) is 3.62. The summed E-state index contributed by atoms with van der Waals surface area (Å²) in [5.74, 6) is -3.33. The van der Waals surface area contributed by atoms with Crippen LogP contribution in [0.15, 0.2) is 51.8 Å². The fraction of sp³-hybridized carbons (Fsp3) is 0.200. The molecular formula is C20H16F2N4O3S. The summed E-state index contributed by atoms with van der Waals surface area (Å²) in [6.45, 7) is 0.342. The van der Waals surface area contributed by atoms with Gasteiger partial charge < -0.3 is 9.32 Å². The molecule has 2 heterocycles. The molecule has 4 rings (SSSR count). The smallest absolute Gasteiger partial charge is 0.322 e. The molecule has 0 unspecified atom stereocenters. The highest BCUT2D eigenvalue weighted by Gasteiger charge is 2.35. The van der Waals surface area contributed by atoms with Gasteiger partial charge in [-0.25, -0.2) is 8.78 Å². The molecule has 0 saturated carbocycles. The Morgan fingerprint density at radius 3 is 2.53 bits per heavy atom. The first-order valence-electron chi connectivity index (χ1n) is 8.99. The lowest BCUT2D eigenvalue weighted by atomic mass is 10.1. The van der Waals surface area contributed by atoms with Crippen LogP contribution in [0.1, 0.15) is 28.6 Å². The number of aromatic nitrogens is 2. The maximum atomic E-state index is 13.7. The molecule has 2 aromatic carbocycles. The first-order valence-corrected chi connectivity index (χ1v) is 10.2. The van der Waals surface area contributed by atoms with E-state index in [9.17, 15) is 18.4 Å². The molecule has 3 aromatic rings. The van der Waals surface area contributed by atoms with Gasteiger partial charge in [-0.1, -0.05) is 11.2 Å². The minimum atomic E-state index is -1.04. The van der Waals surface area contributed by atoms with Crippen molar-refractivity contribution in [2.24, 2.45) is 0 Å². The van der Waals surface area contributed by atoms with Crippen LogP contribution in [0, 0.1) is 11.6 Å². The summed E-state index contributed by atoms with van der Waals surface area (Å²) in [6.07, 6.45) is 2.14. The summed E-state index contributed by atoms with van der Waals surface area (Å²) in [5.41, 5.74) is 0.0246. The monoisotopic (exact) mass is 430 g/mol. The Hall–Kier alpha value is -3.27. The second kappa shape index (κ2) is 8.23. The van der Waals surface area contributed by atoms with Crippen LogP contribution >= 0.6 is 11.8 Å². The highest BCUT2D eigenvalue weighted by atomic mass is 32.2. The molecule has 1 aromatic heterocycles. The Balaban J connectivity index is 1.46. The van der Waals surface area contributed by atoms with Crippen molar-refractivity contribution >= 4 is 35.3 Å². The van der Waals surface area contributed by atoms with Crippen LogP contribution in [0.5, 0.6) is 0 Å². The van der Waals surface area contributed by atoms with E-state index in [1.807, 2.05) is 30.5 Å². The number of anilines is 2. The van der Waals surface area contributed by atoms with Crippen LogP contribution in [0.4, 0.5) is 20.5 Å². The highest BCUT2D eigenvalue weighted by Crippen LogP contribution is 2.32. The summed E-state index contributed by atoms with van der Waals surface area (Å²) in [5, 5.41) is 9.77. The molecule has 1 fully saturated rings. The van der Waals surface area contributed by atoms with Gasteiger partial charge in [0.2, 0.25) is 11.8 Å². The molecule has 1 N–H and O–H groups in total. The van der Waals surface area contributed by atoms with E-state index in [0.29, 0.717) is 6.54 Å². The third kappa shape index (κ3) is 3.90. The van der Waals surface area contributed by atoms with Crippen LogP contribution in [0.25, 0.3) is 0 Å². The van der Waals surface area contributed by atoms with Crippen molar-refractivity contribution < 1.29 is 22.8 Å². The molecule has 0 radical (unpaired) electrons. The predicted molar refractivity (Wildman–Crippen MR) is 107 cm³/mol. The Morgan fingerprint density at radius 2 is 1.87 bits per heavy atom. The summed E-state index contributed by atoms with van der Waals surface area (Å²) >= 11 is 1.61. The first-order chi connectivity index (χ1) is 14.5. The zero-order valence-corrected chi connectivity index (χ0v) is 16.6. The number of nitrogens with zero attached hydrogens (tertiary/aromatic N) is 3. The van der Waals surface area contributed by atoms with E-state index in [-0.39, 0.29) is 30.2 Å². The molecule has 2 amide bonds. The van der Waals surface area contributed by atoms with Crippen molar-refractivity contribution in [3.8, 4) is 0 Å². The number of amides is 2.